The van der Waals surface area contributed by atoms with Crippen molar-refractivity contribution in [3.63, 3.8) is 0 Å². The molecule has 6 nitrogen and oxygen atoms in total. The highest BCUT2D eigenvalue weighted by Gasteiger charge is 2.29. The number of aliphatic carboxylic acids is 1. The first-order valence-corrected chi connectivity index (χ1v) is 8.22. The van der Waals surface area contributed by atoms with Gasteiger partial charge in [0.15, 0.2) is 0 Å². The molecule has 1 aliphatic heterocycles. The first-order chi connectivity index (χ1) is 9.49. The van der Waals surface area contributed by atoms with E-state index in [1.807, 2.05) is 33.6 Å². The third-order valence-electron chi connectivity index (χ3n) is 3.08. The number of benzene rings is 1. The van der Waals surface area contributed by atoms with Crippen LogP contribution in [0, 0.1) is 13.7 Å². The quantitative estimate of drug-likeness (QED) is 0.469. The number of hydrogen-bond acceptors (Lipinski definition) is 5. The van der Waals surface area contributed by atoms with E-state index in [1.165, 1.54) is 6.07 Å². The Kier molecular flexibility index (Phi) is 5.08. The molecule has 0 bridgehead atoms. The average Bonchev–Trinajstić information content (AvgIpc) is 2.39. The third kappa shape index (κ3) is 3.54. The lowest BCUT2D eigenvalue weighted by Gasteiger charge is -2.36. The minimum Gasteiger partial charge on any atom is -0.481 e. The number of nitro groups is 1. The van der Waals surface area contributed by atoms with Crippen molar-refractivity contribution in [1.82, 2.24) is 0 Å². The second-order valence-corrected chi connectivity index (χ2v) is 6.81. The predicted molar refractivity (Wildman–Crippen MR) is 86.5 cm³/mol. The van der Waals surface area contributed by atoms with Gasteiger partial charge in [-0.15, -0.1) is 0 Å². The fraction of sp³-hybridized carbons (Fsp3) is 0.417. The highest BCUT2D eigenvalue weighted by Crippen LogP contribution is 2.34. The number of nitrogens with zero attached hydrogens (tertiary/aromatic N) is 2. The maximum Gasteiger partial charge on any atom is 0.305 e. The van der Waals surface area contributed by atoms with Crippen molar-refractivity contribution in [1.29, 1.82) is 0 Å². The summed E-state index contributed by atoms with van der Waals surface area (Å²) in [5.41, 5.74) is 0.557. The summed E-state index contributed by atoms with van der Waals surface area (Å²) in [6.07, 6.45) is -0.00383. The highest BCUT2D eigenvalue weighted by atomic mass is 127. The number of rotatable bonds is 4. The van der Waals surface area contributed by atoms with Crippen LogP contribution in [0.2, 0.25) is 0 Å². The van der Waals surface area contributed by atoms with E-state index in [2.05, 4.69) is 0 Å². The largest absolute Gasteiger partial charge is 0.481 e. The van der Waals surface area contributed by atoms with Crippen molar-refractivity contribution in [2.45, 2.75) is 12.5 Å². The molecule has 2 rings (SSSR count). The molecule has 1 saturated heterocycles. The Balaban J connectivity index is 2.36. The number of carboxylic acid groups (broad SMARTS) is 1. The smallest absolute Gasteiger partial charge is 0.305 e. The molecule has 20 heavy (non-hydrogen) atoms. The molecule has 0 amide bonds. The fourth-order valence-electron chi connectivity index (χ4n) is 2.23. The van der Waals surface area contributed by atoms with Gasteiger partial charge in [0.25, 0.3) is 5.69 Å². The van der Waals surface area contributed by atoms with Crippen LogP contribution in [-0.4, -0.2) is 40.1 Å². The molecule has 8 heteroatoms. The van der Waals surface area contributed by atoms with Crippen LogP contribution >= 0.6 is 34.4 Å². The summed E-state index contributed by atoms with van der Waals surface area (Å²) in [6.45, 7) is 0.629. The molecule has 0 aliphatic carbocycles. The highest BCUT2D eigenvalue weighted by molar-refractivity contribution is 14.1. The van der Waals surface area contributed by atoms with E-state index in [0.717, 1.165) is 9.32 Å². The Morgan fingerprint density at radius 3 is 3.00 bits per heavy atom. The van der Waals surface area contributed by atoms with Gasteiger partial charge in [0.1, 0.15) is 5.69 Å². The molecule has 108 valence electrons. The van der Waals surface area contributed by atoms with Gasteiger partial charge in [-0.25, -0.2) is 0 Å². The third-order valence-corrected chi connectivity index (χ3v) is 4.84. The van der Waals surface area contributed by atoms with Crippen molar-refractivity contribution in [3.8, 4) is 0 Å². The van der Waals surface area contributed by atoms with Crippen LogP contribution in [0.5, 0.6) is 0 Å². The summed E-state index contributed by atoms with van der Waals surface area (Å²) < 4.78 is 0.791. The Bertz CT molecular complexity index is 540. The number of halogens is 1. The van der Waals surface area contributed by atoms with E-state index in [-0.39, 0.29) is 18.2 Å². The summed E-state index contributed by atoms with van der Waals surface area (Å²) in [5.74, 6) is 0.644. The zero-order valence-electron chi connectivity index (χ0n) is 10.5. The number of thioether (sulfide) groups is 1. The number of carboxylic acids is 1. The summed E-state index contributed by atoms with van der Waals surface area (Å²) in [7, 11) is 0. The van der Waals surface area contributed by atoms with E-state index in [1.54, 1.807) is 17.8 Å². The van der Waals surface area contributed by atoms with Crippen LogP contribution < -0.4 is 4.90 Å². The van der Waals surface area contributed by atoms with Crippen LogP contribution in [0.4, 0.5) is 11.4 Å². The van der Waals surface area contributed by atoms with Gasteiger partial charge < -0.3 is 10.0 Å². The minimum atomic E-state index is -0.879. The van der Waals surface area contributed by atoms with Crippen LogP contribution in [0.1, 0.15) is 6.42 Å². The fourth-order valence-corrected chi connectivity index (χ4v) is 3.77. The molecular weight excluding hydrogens is 395 g/mol. The molecule has 1 aromatic carbocycles. The molecule has 0 radical (unpaired) electrons. The second-order valence-electron chi connectivity index (χ2n) is 4.41. The summed E-state index contributed by atoms with van der Waals surface area (Å²) >= 11 is 3.71. The van der Waals surface area contributed by atoms with E-state index in [9.17, 15) is 14.9 Å². The van der Waals surface area contributed by atoms with Gasteiger partial charge in [-0.2, -0.15) is 11.8 Å². The maximum atomic E-state index is 11.2. The lowest BCUT2D eigenvalue weighted by atomic mass is 10.1. The van der Waals surface area contributed by atoms with E-state index in [0.29, 0.717) is 18.0 Å². The van der Waals surface area contributed by atoms with Gasteiger partial charge in [0, 0.05) is 33.7 Å². The zero-order valence-corrected chi connectivity index (χ0v) is 13.5. The standard InChI is InChI=1S/C12H13IN2O4S/c13-8-1-2-10(11(5-8)15(18)19)14-3-4-20-7-9(14)6-12(16)17/h1-2,5,9H,3-4,6-7H2,(H,16,17). The first-order valence-electron chi connectivity index (χ1n) is 5.99. The van der Waals surface area contributed by atoms with E-state index in [4.69, 9.17) is 5.11 Å². The van der Waals surface area contributed by atoms with Gasteiger partial charge in [0.05, 0.1) is 11.3 Å². The lowest BCUT2D eigenvalue weighted by molar-refractivity contribution is -0.384. The monoisotopic (exact) mass is 408 g/mol. The summed E-state index contributed by atoms with van der Waals surface area (Å²) in [4.78, 5) is 23.6. The molecule has 1 aliphatic rings. The molecule has 1 atom stereocenters. The second kappa shape index (κ2) is 6.61. The molecular formula is C12H13IN2O4S. The Labute approximate surface area is 133 Å². The summed E-state index contributed by atoms with van der Waals surface area (Å²) in [5, 5.41) is 20.2. The molecule has 1 N–H and O–H groups in total. The molecule has 1 unspecified atom stereocenters. The van der Waals surface area contributed by atoms with E-state index >= 15 is 0 Å². The van der Waals surface area contributed by atoms with Crippen molar-refractivity contribution in [3.05, 3.63) is 31.9 Å². The average molecular weight is 408 g/mol. The topological polar surface area (TPSA) is 83.7 Å². The van der Waals surface area contributed by atoms with E-state index < -0.39 is 10.9 Å². The number of anilines is 1. The summed E-state index contributed by atoms with van der Waals surface area (Å²) in [6, 6.07) is 4.84. The molecule has 1 fully saturated rings. The van der Waals surface area contributed by atoms with Crippen LogP contribution in [0.15, 0.2) is 18.2 Å². The van der Waals surface area contributed by atoms with Crippen molar-refractivity contribution in [2.24, 2.45) is 0 Å². The molecule has 1 heterocycles. The molecule has 1 aromatic rings. The SMILES string of the molecule is O=C(O)CC1CSCCN1c1ccc(I)cc1[N+](=O)[O-]. The normalized spacial score (nSPS) is 18.9. The predicted octanol–water partition coefficient (Wildman–Crippen LogP) is 2.60. The molecule has 0 spiro atoms. The lowest BCUT2D eigenvalue weighted by Crippen LogP contribution is -2.44. The van der Waals surface area contributed by atoms with Crippen molar-refractivity contribution in [2.75, 3.05) is 23.0 Å². The van der Waals surface area contributed by atoms with Gasteiger partial charge in [-0.05, 0) is 34.7 Å². The number of carbonyl (C=O) groups is 1. The maximum absolute atomic E-state index is 11.2. The van der Waals surface area contributed by atoms with Crippen molar-refractivity contribution < 1.29 is 14.8 Å². The van der Waals surface area contributed by atoms with Crippen LogP contribution in [0.25, 0.3) is 0 Å². The Morgan fingerprint density at radius 2 is 2.35 bits per heavy atom. The minimum absolute atomic E-state index is 0.00383. The van der Waals surface area contributed by atoms with Crippen LogP contribution in [0.3, 0.4) is 0 Å². The Hall–Kier alpha value is -1.03. The van der Waals surface area contributed by atoms with Gasteiger partial charge >= 0.3 is 5.97 Å². The van der Waals surface area contributed by atoms with Gasteiger partial charge in [-0.3, -0.25) is 14.9 Å². The molecule has 0 saturated carbocycles. The Morgan fingerprint density at radius 1 is 1.60 bits per heavy atom. The number of nitro benzene ring substituents is 1. The van der Waals surface area contributed by atoms with Gasteiger partial charge in [0.2, 0.25) is 0 Å². The van der Waals surface area contributed by atoms with Crippen LogP contribution in [-0.2, 0) is 4.79 Å². The zero-order chi connectivity index (χ0) is 14.7. The number of hydrogen-bond donors (Lipinski definition) is 1. The van der Waals surface area contributed by atoms with Crippen molar-refractivity contribution >= 4 is 51.7 Å². The first kappa shape index (κ1) is 15.4. The van der Waals surface area contributed by atoms with Gasteiger partial charge in [-0.1, -0.05) is 0 Å². The molecule has 0 aromatic heterocycles.